The standard InChI is InChI=1S/C31H34N4/c1-6-9-25(7-2)11-8-10-23(4)26-13-15-27(16-14-26)29-21-35-19-18-32-31(35)30(34-29)33-28-17-12-22(3)24(5)20-28/h6-7,9,12-21H,4,8,10-11H2,1-3,5H3,(H,33,34)/b9-6-,25-7+. The van der Waals surface area contributed by atoms with Gasteiger partial charge in [-0.05, 0) is 81.4 Å². The molecule has 4 heteroatoms. The third-order valence-electron chi connectivity index (χ3n) is 6.43. The molecule has 0 amide bonds. The lowest BCUT2D eigenvalue weighted by Crippen LogP contribution is -2.01. The van der Waals surface area contributed by atoms with E-state index in [0.29, 0.717) is 0 Å². The number of nitrogens with zero attached hydrogens (tertiary/aromatic N) is 3. The maximum atomic E-state index is 4.93. The van der Waals surface area contributed by atoms with E-state index in [-0.39, 0.29) is 0 Å². The number of aromatic nitrogens is 3. The van der Waals surface area contributed by atoms with E-state index in [2.05, 4.69) is 105 Å². The smallest absolute Gasteiger partial charge is 0.180 e. The lowest BCUT2D eigenvalue weighted by Gasteiger charge is -2.12. The Bertz CT molecular complexity index is 1390. The molecule has 0 spiro atoms. The summed E-state index contributed by atoms with van der Waals surface area (Å²) >= 11 is 0. The van der Waals surface area contributed by atoms with E-state index in [1.165, 1.54) is 27.8 Å². The second-order valence-electron chi connectivity index (χ2n) is 8.95. The Balaban J connectivity index is 1.52. The lowest BCUT2D eigenvalue weighted by molar-refractivity contribution is 0.856. The number of allylic oxidation sites excluding steroid dienone is 5. The van der Waals surface area contributed by atoms with Gasteiger partial charge in [-0.25, -0.2) is 9.97 Å². The summed E-state index contributed by atoms with van der Waals surface area (Å²) in [6.07, 6.45) is 15.4. The molecule has 2 aromatic heterocycles. The zero-order valence-corrected chi connectivity index (χ0v) is 21.2. The van der Waals surface area contributed by atoms with Crippen LogP contribution < -0.4 is 5.32 Å². The van der Waals surface area contributed by atoms with Crippen molar-refractivity contribution in [2.24, 2.45) is 0 Å². The molecule has 0 fully saturated rings. The van der Waals surface area contributed by atoms with Crippen LogP contribution in [0.2, 0.25) is 0 Å². The minimum Gasteiger partial charge on any atom is -0.337 e. The van der Waals surface area contributed by atoms with Gasteiger partial charge in [-0.3, -0.25) is 0 Å². The fourth-order valence-corrected chi connectivity index (χ4v) is 4.18. The fourth-order valence-electron chi connectivity index (χ4n) is 4.18. The van der Waals surface area contributed by atoms with E-state index in [4.69, 9.17) is 4.98 Å². The van der Waals surface area contributed by atoms with E-state index in [1.807, 2.05) is 16.8 Å². The number of imidazole rings is 1. The molecule has 0 saturated heterocycles. The number of fused-ring (bicyclic) bond motifs is 1. The third-order valence-corrected chi connectivity index (χ3v) is 6.43. The molecular weight excluding hydrogens is 428 g/mol. The summed E-state index contributed by atoms with van der Waals surface area (Å²) in [4.78, 5) is 9.44. The van der Waals surface area contributed by atoms with Crippen molar-refractivity contribution in [2.75, 3.05) is 5.32 Å². The van der Waals surface area contributed by atoms with Crippen LogP contribution in [0.1, 0.15) is 49.8 Å². The number of benzene rings is 2. The van der Waals surface area contributed by atoms with E-state index in [0.717, 1.165) is 47.7 Å². The number of aryl methyl sites for hydroxylation is 2. The molecule has 4 nitrogen and oxygen atoms in total. The van der Waals surface area contributed by atoms with Gasteiger partial charge in [0.1, 0.15) is 0 Å². The molecule has 0 saturated carbocycles. The van der Waals surface area contributed by atoms with Gasteiger partial charge in [-0.15, -0.1) is 0 Å². The molecule has 2 aromatic carbocycles. The summed E-state index contributed by atoms with van der Waals surface area (Å²) in [7, 11) is 0. The van der Waals surface area contributed by atoms with Gasteiger partial charge in [0, 0.05) is 29.8 Å². The van der Waals surface area contributed by atoms with Gasteiger partial charge in [-0.1, -0.05) is 60.7 Å². The summed E-state index contributed by atoms with van der Waals surface area (Å²) < 4.78 is 2.02. The van der Waals surface area contributed by atoms with Crippen LogP contribution in [0.4, 0.5) is 11.5 Å². The molecular formula is C31H34N4. The van der Waals surface area contributed by atoms with E-state index in [1.54, 1.807) is 6.20 Å². The molecule has 0 atom stereocenters. The van der Waals surface area contributed by atoms with Crippen LogP contribution in [0.5, 0.6) is 0 Å². The topological polar surface area (TPSA) is 42.2 Å². The lowest BCUT2D eigenvalue weighted by atomic mass is 9.98. The number of hydrogen-bond acceptors (Lipinski definition) is 3. The zero-order chi connectivity index (χ0) is 24.8. The molecule has 4 aromatic rings. The van der Waals surface area contributed by atoms with Crippen LogP contribution in [-0.2, 0) is 0 Å². The Morgan fingerprint density at radius 1 is 1.03 bits per heavy atom. The highest BCUT2D eigenvalue weighted by Gasteiger charge is 2.11. The van der Waals surface area contributed by atoms with Crippen LogP contribution in [0.3, 0.4) is 0 Å². The SMILES string of the molecule is C=C(CCCC(/C=C\C)=C/C)c1ccc(-c2cn3ccnc3c(Nc3ccc(C)c(C)c3)n2)cc1. The van der Waals surface area contributed by atoms with Gasteiger partial charge in [-0.2, -0.15) is 0 Å². The van der Waals surface area contributed by atoms with Gasteiger partial charge < -0.3 is 9.72 Å². The first kappa shape index (κ1) is 24.2. The molecule has 0 radical (unpaired) electrons. The van der Waals surface area contributed by atoms with Crippen molar-refractivity contribution in [1.82, 2.24) is 14.4 Å². The van der Waals surface area contributed by atoms with Crippen molar-refractivity contribution < 1.29 is 0 Å². The maximum Gasteiger partial charge on any atom is 0.180 e. The highest BCUT2D eigenvalue weighted by Crippen LogP contribution is 2.27. The molecule has 0 aliphatic carbocycles. The largest absolute Gasteiger partial charge is 0.337 e. The molecule has 4 rings (SSSR count). The van der Waals surface area contributed by atoms with Gasteiger partial charge in [0.25, 0.3) is 0 Å². The molecule has 0 bridgehead atoms. The number of anilines is 2. The van der Waals surface area contributed by atoms with Crippen molar-refractivity contribution in [3.05, 3.63) is 108 Å². The first-order chi connectivity index (χ1) is 17.0. The summed E-state index contributed by atoms with van der Waals surface area (Å²) in [6.45, 7) is 12.7. The van der Waals surface area contributed by atoms with Crippen molar-refractivity contribution >= 4 is 22.7 Å². The Kier molecular flexibility index (Phi) is 7.61. The second kappa shape index (κ2) is 11.0. The van der Waals surface area contributed by atoms with Gasteiger partial charge in [0.15, 0.2) is 11.5 Å². The Morgan fingerprint density at radius 3 is 2.54 bits per heavy atom. The molecule has 0 aliphatic heterocycles. The van der Waals surface area contributed by atoms with Crippen molar-refractivity contribution in [3.8, 4) is 11.3 Å². The van der Waals surface area contributed by atoms with E-state index in [9.17, 15) is 0 Å². The van der Waals surface area contributed by atoms with Crippen molar-refractivity contribution in [3.63, 3.8) is 0 Å². The molecule has 0 unspecified atom stereocenters. The number of hydrogen-bond donors (Lipinski definition) is 1. The van der Waals surface area contributed by atoms with Crippen LogP contribution in [0.25, 0.3) is 22.5 Å². The van der Waals surface area contributed by atoms with E-state index < -0.39 is 0 Å². The zero-order valence-electron chi connectivity index (χ0n) is 21.2. The van der Waals surface area contributed by atoms with E-state index >= 15 is 0 Å². The second-order valence-corrected chi connectivity index (χ2v) is 8.95. The first-order valence-electron chi connectivity index (χ1n) is 12.2. The Morgan fingerprint density at radius 2 is 1.83 bits per heavy atom. The van der Waals surface area contributed by atoms with Gasteiger partial charge in [0.2, 0.25) is 0 Å². The van der Waals surface area contributed by atoms with Crippen LogP contribution in [-0.4, -0.2) is 14.4 Å². The highest BCUT2D eigenvalue weighted by atomic mass is 15.1. The van der Waals surface area contributed by atoms with Crippen LogP contribution >= 0.6 is 0 Å². The third kappa shape index (κ3) is 5.78. The Hall–Kier alpha value is -3.92. The van der Waals surface area contributed by atoms with Crippen molar-refractivity contribution in [2.45, 2.75) is 47.0 Å². The van der Waals surface area contributed by atoms with Crippen molar-refractivity contribution in [1.29, 1.82) is 0 Å². The first-order valence-corrected chi connectivity index (χ1v) is 12.2. The molecule has 0 aliphatic rings. The summed E-state index contributed by atoms with van der Waals surface area (Å²) in [5.41, 5.74) is 9.99. The highest BCUT2D eigenvalue weighted by molar-refractivity contribution is 5.75. The maximum absolute atomic E-state index is 4.93. The van der Waals surface area contributed by atoms with Crippen LogP contribution in [0, 0.1) is 13.8 Å². The van der Waals surface area contributed by atoms with Gasteiger partial charge in [0.05, 0.1) is 5.69 Å². The molecule has 178 valence electrons. The average molecular weight is 463 g/mol. The fraction of sp³-hybridized carbons (Fsp3) is 0.226. The van der Waals surface area contributed by atoms with Gasteiger partial charge >= 0.3 is 0 Å². The monoisotopic (exact) mass is 462 g/mol. The summed E-state index contributed by atoms with van der Waals surface area (Å²) in [5, 5.41) is 3.47. The predicted octanol–water partition coefficient (Wildman–Crippen LogP) is 8.46. The number of nitrogens with one attached hydrogen (secondary N) is 1. The number of rotatable bonds is 9. The molecule has 2 heterocycles. The normalized spacial score (nSPS) is 11.9. The minimum atomic E-state index is 0.741. The quantitative estimate of drug-likeness (QED) is 0.254. The Labute approximate surface area is 208 Å². The van der Waals surface area contributed by atoms with Crippen LogP contribution in [0.15, 0.2) is 91.4 Å². The summed E-state index contributed by atoms with van der Waals surface area (Å²) in [5.74, 6) is 0.741. The predicted molar refractivity (Wildman–Crippen MR) is 149 cm³/mol. The minimum absolute atomic E-state index is 0.741. The molecule has 35 heavy (non-hydrogen) atoms. The molecule has 1 N–H and O–H groups in total. The average Bonchev–Trinajstić information content (AvgIpc) is 3.35. The summed E-state index contributed by atoms with van der Waals surface area (Å²) in [6, 6.07) is 14.9.